The Kier molecular flexibility index (Phi) is 3.61. The molecule has 0 spiro atoms. The number of benzene rings is 1. The molecular formula is C12H10BrFOS. The molecule has 4 heteroatoms. The quantitative estimate of drug-likeness (QED) is 0.764. The number of methoxy groups -OCH3 is 1. The molecule has 0 radical (unpaired) electrons. The van der Waals surface area contributed by atoms with Crippen LogP contribution in [0.4, 0.5) is 4.39 Å². The molecule has 0 saturated heterocycles. The van der Waals surface area contributed by atoms with Gasteiger partial charge >= 0.3 is 0 Å². The molecule has 1 nitrogen and oxygen atoms in total. The Morgan fingerprint density at radius 2 is 2.19 bits per heavy atom. The minimum Gasteiger partial charge on any atom is -0.494 e. The monoisotopic (exact) mass is 300 g/mol. The number of ether oxygens (including phenoxy) is 1. The van der Waals surface area contributed by atoms with Gasteiger partial charge in [0.15, 0.2) is 11.6 Å². The van der Waals surface area contributed by atoms with Gasteiger partial charge in [-0.2, -0.15) is 0 Å². The second-order valence-corrected chi connectivity index (χ2v) is 5.17. The van der Waals surface area contributed by atoms with Crippen molar-refractivity contribution in [1.29, 1.82) is 0 Å². The molecule has 0 saturated carbocycles. The Morgan fingerprint density at radius 3 is 2.81 bits per heavy atom. The number of thiophene rings is 1. The third-order valence-electron chi connectivity index (χ3n) is 2.26. The van der Waals surface area contributed by atoms with Crippen LogP contribution in [-0.2, 0) is 0 Å². The molecule has 0 aliphatic carbocycles. The molecule has 0 bridgehead atoms. The summed E-state index contributed by atoms with van der Waals surface area (Å²) in [6, 6.07) is 8.94. The van der Waals surface area contributed by atoms with Crippen molar-refractivity contribution in [3.63, 3.8) is 0 Å². The van der Waals surface area contributed by atoms with Crippen LogP contribution in [0.3, 0.4) is 0 Å². The second kappa shape index (κ2) is 4.97. The molecule has 0 aliphatic heterocycles. The summed E-state index contributed by atoms with van der Waals surface area (Å²) in [7, 11) is 1.47. The van der Waals surface area contributed by atoms with E-state index < -0.39 is 0 Å². The maximum Gasteiger partial charge on any atom is 0.165 e. The molecular weight excluding hydrogens is 291 g/mol. The number of hydrogen-bond donors (Lipinski definition) is 0. The Balaban J connectivity index is 2.34. The average Bonchev–Trinajstić information content (AvgIpc) is 2.82. The first-order chi connectivity index (χ1) is 7.72. The normalized spacial score (nSPS) is 12.4. The molecule has 0 N–H and O–H groups in total. The van der Waals surface area contributed by atoms with Crippen molar-refractivity contribution in [2.24, 2.45) is 0 Å². The smallest absolute Gasteiger partial charge is 0.165 e. The van der Waals surface area contributed by atoms with Gasteiger partial charge in [-0.25, -0.2) is 4.39 Å². The molecule has 1 heterocycles. The molecule has 1 aromatic heterocycles. The molecule has 0 fully saturated rings. The number of hydrogen-bond acceptors (Lipinski definition) is 2. The largest absolute Gasteiger partial charge is 0.494 e. The van der Waals surface area contributed by atoms with E-state index in [1.54, 1.807) is 23.5 Å². The molecule has 1 atom stereocenters. The fraction of sp³-hybridized carbons (Fsp3) is 0.167. The van der Waals surface area contributed by atoms with Gasteiger partial charge in [-0.15, -0.1) is 11.3 Å². The van der Waals surface area contributed by atoms with Crippen LogP contribution in [0, 0.1) is 5.82 Å². The van der Waals surface area contributed by atoms with Crippen LogP contribution in [0.2, 0.25) is 0 Å². The van der Waals surface area contributed by atoms with Gasteiger partial charge in [0.05, 0.1) is 11.9 Å². The predicted molar refractivity (Wildman–Crippen MR) is 68.0 cm³/mol. The van der Waals surface area contributed by atoms with Gasteiger partial charge in [0.25, 0.3) is 0 Å². The summed E-state index contributed by atoms with van der Waals surface area (Å²) in [5.41, 5.74) is 0.987. The topological polar surface area (TPSA) is 9.23 Å². The van der Waals surface area contributed by atoms with Crippen LogP contribution in [-0.4, -0.2) is 7.11 Å². The van der Waals surface area contributed by atoms with E-state index in [0.717, 1.165) is 5.56 Å². The van der Waals surface area contributed by atoms with Crippen molar-refractivity contribution in [2.75, 3.05) is 7.11 Å². The minimum absolute atomic E-state index is 0.0852. The Bertz CT molecular complexity index is 470. The SMILES string of the molecule is COc1cc(C(Br)c2cccs2)ccc1F. The Labute approximate surface area is 106 Å². The lowest BCUT2D eigenvalue weighted by molar-refractivity contribution is 0.386. The van der Waals surface area contributed by atoms with Crippen molar-refractivity contribution < 1.29 is 9.13 Å². The van der Waals surface area contributed by atoms with Crippen molar-refractivity contribution in [2.45, 2.75) is 4.83 Å². The van der Waals surface area contributed by atoms with E-state index in [9.17, 15) is 4.39 Å². The van der Waals surface area contributed by atoms with E-state index in [1.165, 1.54) is 18.1 Å². The molecule has 1 aromatic carbocycles. The van der Waals surface area contributed by atoms with Crippen molar-refractivity contribution in [3.05, 3.63) is 52.0 Å². The van der Waals surface area contributed by atoms with Crippen LogP contribution >= 0.6 is 27.3 Å². The molecule has 1 unspecified atom stereocenters. The summed E-state index contributed by atoms with van der Waals surface area (Å²) < 4.78 is 18.2. The number of rotatable bonds is 3. The Hall–Kier alpha value is -0.870. The van der Waals surface area contributed by atoms with E-state index >= 15 is 0 Å². The first kappa shape index (κ1) is 11.6. The lowest BCUT2D eigenvalue weighted by Crippen LogP contribution is -1.93. The van der Waals surface area contributed by atoms with E-state index in [-0.39, 0.29) is 16.4 Å². The van der Waals surface area contributed by atoms with Crippen LogP contribution in [0.25, 0.3) is 0 Å². The minimum atomic E-state index is -0.336. The van der Waals surface area contributed by atoms with E-state index in [4.69, 9.17) is 4.74 Å². The fourth-order valence-corrected chi connectivity index (χ4v) is 2.92. The van der Waals surface area contributed by atoms with Gasteiger partial charge in [0.2, 0.25) is 0 Å². The summed E-state index contributed by atoms with van der Waals surface area (Å²) in [4.78, 5) is 1.27. The van der Waals surface area contributed by atoms with Gasteiger partial charge < -0.3 is 4.74 Å². The summed E-state index contributed by atoms with van der Waals surface area (Å²) in [6.45, 7) is 0. The zero-order chi connectivity index (χ0) is 11.5. The lowest BCUT2D eigenvalue weighted by atomic mass is 10.1. The molecule has 0 aliphatic rings. The maximum atomic E-state index is 13.2. The highest BCUT2D eigenvalue weighted by Gasteiger charge is 2.13. The molecule has 2 aromatic rings. The van der Waals surface area contributed by atoms with Crippen LogP contribution in [0.5, 0.6) is 5.75 Å². The van der Waals surface area contributed by atoms with Crippen LogP contribution in [0.1, 0.15) is 15.3 Å². The highest BCUT2D eigenvalue weighted by molar-refractivity contribution is 9.09. The first-order valence-corrected chi connectivity index (χ1v) is 6.53. The summed E-state index contributed by atoms with van der Waals surface area (Å²) >= 11 is 5.26. The summed E-state index contributed by atoms with van der Waals surface area (Å²) in [5, 5.41) is 2.02. The maximum absolute atomic E-state index is 13.2. The van der Waals surface area contributed by atoms with Gasteiger partial charge in [0.1, 0.15) is 0 Å². The standard InChI is InChI=1S/C12H10BrFOS/c1-15-10-7-8(4-5-9(10)14)12(13)11-3-2-6-16-11/h2-7,12H,1H3. The lowest BCUT2D eigenvalue weighted by Gasteiger charge is -2.10. The van der Waals surface area contributed by atoms with E-state index in [1.807, 2.05) is 17.5 Å². The van der Waals surface area contributed by atoms with Crippen molar-refractivity contribution in [1.82, 2.24) is 0 Å². The predicted octanol–water partition coefficient (Wildman–Crippen LogP) is 4.38. The summed E-state index contributed by atoms with van der Waals surface area (Å²) in [6.07, 6.45) is 0. The zero-order valence-corrected chi connectivity index (χ0v) is 11.0. The highest BCUT2D eigenvalue weighted by Crippen LogP contribution is 2.35. The first-order valence-electron chi connectivity index (χ1n) is 4.73. The highest BCUT2D eigenvalue weighted by atomic mass is 79.9. The van der Waals surface area contributed by atoms with E-state index in [0.29, 0.717) is 0 Å². The van der Waals surface area contributed by atoms with Gasteiger partial charge in [-0.1, -0.05) is 28.1 Å². The van der Waals surface area contributed by atoms with Gasteiger partial charge in [-0.3, -0.25) is 0 Å². The molecule has 2 rings (SSSR count). The Morgan fingerprint density at radius 1 is 1.38 bits per heavy atom. The van der Waals surface area contributed by atoms with Crippen molar-refractivity contribution in [3.8, 4) is 5.75 Å². The van der Waals surface area contributed by atoms with Gasteiger partial charge in [-0.05, 0) is 29.1 Å². The van der Waals surface area contributed by atoms with Gasteiger partial charge in [0, 0.05) is 4.88 Å². The summed E-state index contributed by atoms with van der Waals surface area (Å²) in [5.74, 6) is -0.0596. The van der Waals surface area contributed by atoms with E-state index in [2.05, 4.69) is 15.9 Å². The number of halogens is 2. The zero-order valence-electron chi connectivity index (χ0n) is 8.61. The second-order valence-electron chi connectivity index (χ2n) is 3.27. The third-order valence-corrected chi connectivity index (χ3v) is 4.52. The molecule has 16 heavy (non-hydrogen) atoms. The van der Waals surface area contributed by atoms with Crippen LogP contribution in [0.15, 0.2) is 35.7 Å². The van der Waals surface area contributed by atoms with Crippen molar-refractivity contribution >= 4 is 27.3 Å². The molecule has 0 amide bonds. The average molecular weight is 301 g/mol. The molecule has 84 valence electrons. The fourth-order valence-electron chi connectivity index (χ4n) is 1.43. The number of alkyl halides is 1. The third kappa shape index (κ3) is 2.28. The van der Waals surface area contributed by atoms with Crippen LogP contribution < -0.4 is 4.74 Å².